The number of amides is 1. The van der Waals surface area contributed by atoms with Gasteiger partial charge in [-0.15, -0.1) is 0 Å². The van der Waals surface area contributed by atoms with Gasteiger partial charge in [0.05, 0.1) is 16.7 Å². The normalized spacial score (nSPS) is 22.6. The van der Waals surface area contributed by atoms with Crippen molar-refractivity contribution in [1.82, 2.24) is 5.32 Å². The Labute approximate surface area is 117 Å². The van der Waals surface area contributed by atoms with E-state index in [0.717, 1.165) is 19.4 Å². The zero-order valence-electron chi connectivity index (χ0n) is 10.8. The highest BCUT2D eigenvalue weighted by Gasteiger charge is 2.34. The zero-order valence-corrected chi connectivity index (χ0v) is 11.5. The zero-order chi connectivity index (χ0) is 13.9. The van der Waals surface area contributed by atoms with Crippen molar-refractivity contribution < 1.29 is 4.79 Å². The van der Waals surface area contributed by atoms with Crippen LogP contribution in [0.4, 0.5) is 5.69 Å². The SMILES string of the molecule is CC1(C(=O)Nc2cc(Cl)ccc2C#N)CCCNC1. The molecule has 0 spiro atoms. The molecule has 0 saturated carbocycles. The molecular weight excluding hydrogens is 262 g/mol. The Morgan fingerprint density at radius 1 is 1.58 bits per heavy atom. The first-order valence-corrected chi connectivity index (χ1v) is 6.65. The topological polar surface area (TPSA) is 64.9 Å². The van der Waals surface area contributed by atoms with Crippen LogP contribution in [-0.2, 0) is 4.79 Å². The minimum Gasteiger partial charge on any atom is -0.324 e. The van der Waals surface area contributed by atoms with E-state index >= 15 is 0 Å². The smallest absolute Gasteiger partial charge is 0.231 e. The Bertz CT molecular complexity index is 530. The Hall–Kier alpha value is -1.57. The third-order valence-electron chi connectivity index (χ3n) is 3.50. The first-order valence-electron chi connectivity index (χ1n) is 6.27. The van der Waals surface area contributed by atoms with Crippen molar-refractivity contribution in [3.05, 3.63) is 28.8 Å². The third kappa shape index (κ3) is 3.06. The van der Waals surface area contributed by atoms with Gasteiger partial charge in [-0.05, 0) is 44.5 Å². The third-order valence-corrected chi connectivity index (χ3v) is 3.73. The first kappa shape index (κ1) is 13.9. The fraction of sp³-hybridized carbons (Fsp3) is 0.429. The van der Waals surface area contributed by atoms with Gasteiger partial charge in [0, 0.05) is 11.6 Å². The number of hydrogen-bond donors (Lipinski definition) is 2. The number of piperidine rings is 1. The summed E-state index contributed by atoms with van der Waals surface area (Å²) in [5.74, 6) is -0.0709. The van der Waals surface area contributed by atoms with Crippen LogP contribution in [0.3, 0.4) is 0 Å². The lowest BCUT2D eigenvalue weighted by atomic mass is 9.82. The van der Waals surface area contributed by atoms with Gasteiger partial charge in [-0.3, -0.25) is 4.79 Å². The molecule has 1 aromatic carbocycles. The number of benzene rings is 1. The molecule has 1 aromatic rings. The summed E-state index contributed by atoms with van der Waals surface area (Å²) in [6, 6.07) is 6.91. The summed E-state index contributed by atoms with van der Waals surface area (Å²) in [5, 5.41) is 15.6. The van der Waals surface area contributed by atoms with Crippen molar-refractivity contribution in [3.8, 4) is 6.07 Å². The second-order valence-electron chi connectivity index (χ2n) is 5.10. The van der Waals surface area contributed by atoms with Gasteiger partial charge in [-0.2, -0.15) is 5.26 Å². The number of hydrogen-bond acceptors (Lipinski definition) is 3. The predicted molar refractivity (Wildman–Crippen MR) is 75.0 cm³/mol. The van der Waals surface area contributed by atoms with E-state index in [4.69, 9.17) is 16.9 Å². The molecule has 1 saturated heterocycles. The van der Waals surface area contributed by atoms with Gasteiger partial charge in [0.25, 0.3) is 0 Å². The van der Waals surface area contributed by atoms with Crippen molar-refractivity contribution in [2.75, 3.05) is 18.4 Å². The van der Waals surface area contributed by atoms with E-state index in [1.165, 1.54) is 0 Å². The second kappa shape index (κ2) is 5.60. The Morgan fingerprint density at radius 3 is 3.00 bits per heavy atom. The maximum atomic E-state index is 12.4. The van der Waals surface area contributed by atoms with E-state index < -0.39 is 5.41 Å². The van der Waals surface area contributed by atoms with Gasteiger partial charge in [0.2, 0.25) is 5.91 Å². The standard InChI is InChI=1S/C14H16ClN3O/c1-14(5-2-6-17-9-14)13(19)18-12-7-11(15)4-3-10(12)8-16/h3-4,7,17H,2,5-6,9H2,1H3,(H,18,19). The minimum absolute atomic E-state index is 0.0709. The summed E-state index contributed by atoms with van der Waals surface area (Å²) in [7, 11) is 0. The molecule has 4 nitrogen and oxygen atoms in total. The molecule has 0 bridgehead atoms. The van der Waals surface area contributed by atoms with Crippen LogP contribution in [0, 0.1) is 16.7 Å². The summed E-state index contributed by atoms with van der Waals surface area (Å²) >= 11 is 5.90. The average molecular weight is 278 g/mol. The van der Waals surface area contributed by atoms with E-state index in [0.29, 0.717) is 22.8 Å². The molecule has 5 heteroatoms. The number of nitrogens with zero attached hydrogens (tertiary/aromatic N) is 1. The molecule has 1 atom stereocenters. The van der Waals surface area contributed by atoms with Crippen LogP contribution in [0.25, 0.3) is 0 Å². The molecule has 0 aliphatic carbocycles. The molecule has 2 N–H and O–H groups in total. The van der Waals surface area contributed by atoms with Crippen LogP contribution < -0.4 is 10.6 Å². The van der Waals surface area contributed by atoms with Gasteiger partial charge in [0.1, 0.15) is 6.07 Å². The number of carbonyl (C=O) groups is 1. The number of carbonyl (C=O) groups excluding carboxylic acids is 1. The summed E-state index contributed by atoms with van der Waals surface area (Å²) < 4.78 is 0. The second-order valence-corrected chi connectivity index (χ2v) is 5.53. The number of rotatable bonds is 2. The fourth-order valence-corrected chi connectivity index (χ4v) is 2.41. The van der Waals surface area contributed by atoms with Gasteiger partial charge in [-0.25, -0.2) is 0 Å². The number of nitriles is 1. The van der Waals surface area contributed by atoms with Crippen molar-refractivity contribution in [2.45, 2.75) is 19.8 Å². The highest BCUT2D eigenvalue weighted by Crippen LogP contribution is 2.28. The van der Waals surface area contributed by atoms with E-state index in [2.05, 4.69) is 16.7 Å². The fourth-order valence-electron chi connectivity index (χ4n) is 2.24. The van der Waals surface area contributed by atoms with Crippen LogP contribution in [0.5, 0.6) is 0 Å². The van der Waals surface area contributed by atoms with E-state index in [1.54, 1.807) is 18.2 Å². The van der Waals surface area contributed by atoms with Crippen LogP contribution in [0.1, 0.15) is 25.3 Å². The predicted octanol–water partition coefficient (Wildman–Crippen LogP) is 2.54. The van der Waals surface area contributed by atoms with Crippen molar-refractivity contribution >= 4 is 23.2 Å². The largest absolute Gasteiger partial charge is 0.324 e. The van der Waals surface area contributed by atoms with Crippen LogP contribution in [0.2, 0.25) is 5.02 Å². The Kier molecular flexibility index (Phi) is 4.08. The summed E-state index contributed by atoms with van der Waals surface area (Å²) in [4.78, 5) is 12.4. The van der Waals surface area contributed by atoms with Gasteiger partial charge >= 0.3 is 0 Å². The number of anilines is 1. The lowest BCUT2D eigenvalue weighted by Crippen LogP contribution is -2.46. The molecule has 1 aliphatic heterocycles. The van der Waals surface area contributed by atoms with Crippen LogP contribution in [-0.4, -0.2) is 19.0 Å². The van der Waals surface area contributed by atoms with E-state index in [1.807, 2.05) is 6.92 Å². The van der Waals surface area contributed by atoms with Crippen LogP contribution >= 0.6 is 11.6 Å². The monoisotopic (exact) mass is 277 g/mol. The van der Waals surface area contributed by atoms with Crippen molar-refractivity contribution in [1.29, 1.82) is 5.26 Å². The summed E-state index contributed by atoms with van der Waals surface area (Å²) in [5.41, 5.74) is 0.463. The Balaban J connectivity index is 2.19. The summed E-state index contributed by atoms with van der Waals surface area (Å²) in [6.45, 7) is 3.54. The van der Waals surface area contributed by atoms with E-state index in [9.17, 15) is 4.79 Å². The number of halogens is 1. The quantitative estimate of drug-likeness (QED) is 0.873. The molecule has 1 fully saturated rings. The van der Waals surface area contributed by atoms with Gasteiger partial charge < -0.3 is 10.6 Å². The van der Waals surface area contributed by atoms with Crippen molar-refractivity contribution in [3.63, 3.8) is 0 Å². The molecule has 1 unspecified atom stereocenters. The van der Waals surface area contributed by atoms with Crippen LogP contribution in [0.15, 0.2) is 18.2 Å². The van der Waals surface area contributed by atoms with Gasteiger partial charge in [0.15, 0.2) is 0 Å². The molecule has 0 radical (unpaired) electrons. The van der Waals surface area contributed by atoms with E-state index in [-0.39, 0.29) is 5.91 Å². The Morgan fingerprint density at radius 2 is 2.37 bits per heavy atom. The number of nitrogens with one attached hydrogen (secondary N) is 2. The molecule has 100 valence electrons. The highest BCUT2D eigenvalue weighted by molar-refractivity contribution is 6.31. The minimum atomic E-state index is -0.437. The molecule has 1 aliphatic rings. The van der Waals surface area contributed by atoms with Gasteiger partial charge in [-0.1, -0.05) is 11.6 Å². The maximum absolute atomic E-state index is 12.4. The molecule has 2 rings (SSSR count). The van der Waals surface area contributed by atoms with Crippen molar-refractivity contribution in [2.24, 2.45) is 5.41 Å². The molecule has 1 amide bonds. The first-order chi connectivity index (χ1) is 9.05. The molecule has 1 heterocycles. The molecular formula is C14H16ClN3O. The molecule has 19 heavy (non-hydrogen) atoms. The maximum Gasteiger partial charge on any atom is 0.231 e. The lowest BCUT2D eigenvalue weighted by molar-refractivity contribution is -0.125. The molecule has 0 aromatic heterocycles. The lowest BCUT2D eigenvalue weighted by Gasteiger charge is -2.32. The highest BCUT2D eigenvalue weighted by atomic mass is 35.5. The summed E-state index contributed by atoms with van der Waals surface area (Å²) in [6.07, 6.45) is 1.82. The average Bonchev–Trinajstić information content (AvgIpc) is 2.40.